The number of guanidine groups is 1. The molecule has 5 N–H and O–H groups in total. The Morgan fingerprint density at radius 1 is 1.43 bits per heavy atom. The first-order chi connectivity index (χ1) is 9.54. The van der Waals surface area contributed by atoms with Crippen LogP contribution < -0.4 is 11.1 Å². The average molecular weight is 311 g/mol. The summed E-state index contributed by atoms with van der Waals surface area (Å²) >= 11 is 0. The highest BCUT2D eigenvalue weighted by Crippen LogP contribution is 2.41. The number of carboxylic acid groups (broad SMARTS) is 1. The van der Waals surface area contributed by atoms with Gasteiger partial charge in [-0.1, -0.05) is 24.3 Å². The molecule has 0 amide bonds. The molecule has 1 saturated carbocycles. The minimum atomic E-state index is -0.776. The van der Waals surface area contributed by atoms with E-state index in [9.17, 15) is 9.90 Å². The second-order valence-electron chi connectivity index (χ2n) is 5.41. The quantitative estimate of drug-likeness (QED) is 0.504. The molecule has 0 aromatic heterocycles. The van der Waals surface area contributed by atoms with E-state index in [0.29, 0.717) is 25.3 Å². The zero-order valence-electron chi connectivity index (χ0n) is 11.8. The number of hydrogen-bond donors (Lipinski definition) is 4. The number of carbonyl (C=O) groups is 1. The summed E-state index contributed by atoms with van der Waals surface area (Å²) in [6.07, 6.45) is 2.89. The predicted molar refractivity (Wildman–Crippen MR) is 83.7 cm³/mol. The molecular formula is C15H21ClN3O2. The van der Waals surface area contributed by atoms with Gasteiger partial charge in [0.15, 0.2) is 5.96 Å². The molecule has 0 saturated heterocycles. The zero-order chi connectivity index (χ0) is 14.6. The highest BCUT2D eigenvalue weighted by Gasteiger charge is 2.43. The second kappa shape index (κ2) is 7.31. The topological polar surface area (TPSA) is 99.2 Å². The van der Waals surface area contributed by atoms with Crippen molar-refractivity contribution in [2.45, 2.75) is 31.1 Å². The molecule has 0 aliphatic heterocycles. The molecule has 0 atom stereocenters. The molecule has 1 aromatic rings. The molecule has 1 aromatic carbocycles. The Morgan fingerprint density at radius 2 is 2.00 bits per heavy atom. The van der Waals surface area contributed by atoms with Crippen LogP contribution >= 0.6 is 12.4 Å². The van der Waals surface area contributed by atoms with Crippen LogP contribution in [-0.2, 0) is 10.2 Å². The van der Waals surface area contributed by atoms with Gasteiger partial charge in [-0.05, 0) is 43.2 Å². The molecule has 1 aliphatic rings. The van der Waals surface area contributed by atoms with Gasteiger partial charge >= 0.3 is 5.97 Å². The third-order valence-electron chi connectivity index (χ3n) is 4.22. The van der Waals surface area contributed by atoms with Crippen molar-refractivity contribution in [2.75, 3.05) is 6.54 Å². The first-order valence-corrected chi connectivity index (χ1v) is 6.82. The third kappa shape index (κ3) is 3.88. The van der Waals surface area contributed by atoms with E-state index in [1.165, 1.54) is 0 Å². The van der Waals surface area contributed by atoms with E-state index in [2.05, 4.69) is 11.4 Å². The number of aliphatic carboxylic acids is 1. The lowest BCUT2D eigenvalue weighted by Gasteiger charge is -2.37. The summed E-state index contributed by atoms with van der Waals surface area (Å²) < 4.78 is 0. The van der Waals surface area contributed by atoms with Gasteiger partial charge in [0.25, 0.3) is 0 Å². The molecule has 0 spiro atoms. The standard InChI is InChI=1S/C15H20N3O2.ClH/c16-14(17)18-10-11-6-8-15(9-7-11,13(19)20)12-4-2-1-3-5-12;/h2-5,11H,6-10H2,(H,19,20)(H4,16,17,18);1H. The minimum absolute atomic E-state index is 0. The van der Waals surface area contributed by atoms with Crippen molar-refractivity contribution in [3.05, 3.63) is 35.9 Å². The average Bonchev–Trinajstić information content (AvgIpc) is 2.46. The smallest absolute Gasteiger partial charge is 0.314 e. The summed E-state index contributed by atoms with van der Waals surface area (Å²) in [6, 6.07) is 10.2. The number of carboxylic acids is 1. The van der Waals surface area contributed by atoms with Crippen LogP contribution in [0, 0.1) is 17.4 Å². The first-order valence-electron chi connectivity index (χ1n) is 6.82. The fourth-order valence-electron chi connectivity index (χ4n) is 2.96. The fourth-order valence-corrected chi connectivity index (χ4v) is 2.96. The molecule has 21 heavy (non-hydrogen) atoms. The van der Waals surface area contributed by atoms with E-state index in [-0.39, 0.29) is 18.4 Å². The first kappa shape index (κ1) is 17.3. The van der Waals surface area contributed by atoms with Crippen molar-refractivity contribution in [1.29, 1.82) is 5.41 Å². The molecule has 1 aliphatic carbocycles. The summed E-state index contributed by atoms with van der Waals surface area (Å²) in [6.45, 7) is 0.646. The summed E-state index contributed by atoms with van der Waals surface area (Å²) in [7, 11) is 0. The summed E-state index contributed by atoms with van der Waals surface area (Å²) in [5.74, 6) is -0.401. The Bertz CT molecular complexity index is 485. The van der Waals surface area contributed by atoms with Crippen molar-refractivity contribution in [3.8, 4) is 0 Å². The van der Waals surface area contributed by atoms with E-state index in [0.717, 1.165) is 18.4 Å². The van der Waals surface area contributed by atoms with Crippen LogP contribution in [0.3, 0.4) is 0 Å². The van der Waals surface area contributed by atoms with Gasteiger partial charge < -0.3 is 16.2 Å². The van der Waals surface area contributed by atoms with Crippen LogP contribution in [-0.4, -0.2) is 23.6 Å². The van der Waals surface area contributed by atoms with Crippen molar-refractivity contribution < 1.29 is 9.90 Å². The maximum atomic E-state index is 11.8. The van der Waals surface area contributed by atoms with Gasteiger partial charge in [-0.2, -0.15) is 0 Å². The lowest BCUT2D eigenvalue weighted by molar-refractivity contribution is -0.145. The van der Waals surface area contributed by atoms with Gasteiger partial charge in [-0.25, -0.2) is 0 Å². The number of nitrogens with one attached hydrogen (secondary N) is 2. The third-order valence-corrected chi connectivity index (χ3v) is 4.22. The summed E-state index contributed by atoms with van der Waals surface area (Å²) in [5, 5.41) is 19.6. The Kier molecular flexibility index (Phi) is 6.03. The Labute approximate surface area is 130 Å². The maximum absolute atomic E-state index is 11.8. The molecular weight excluding hydrogens is 290 g/mol. The van der Waals surface area contributed by atoms with Crippen LogP contribution in [0.25, 0.3) is 0 Å². The van der Waals surface area contributed by atoms with Gasteiger partial charge in [0, 0.05) is 6.54 Å². The molecule has 0 bridgehead atoms. The van der Waals surface area contributed by atoms with Crippen molar-refractivity contribution in [1.82, 2.24) is 5.32 Å². The number of nitrogens with two attached hydrogens (primary N) is 1. The molecule has 0 unspecified atom stereocenters. The number of hydrogen-bond acceptors (Lipinski definition) is 2. The van der Waals surface area contributed by atoms with E-state index in [4.69, 9.17) is 11.1 Å². The van der Waals surface area contributed by atoms with Gasteiger partial charge in [-0.3, -0.25) is 10.2 Å². The predicted octanol–water partition coefficient (Wildman–Crippen LogP) is 1.90. The number of rotatable bonds is 4. The lowest BCUT2D eigenvalue weighted by atomic mass is 9.66. The largest absolute Gasteiger partial charge is 0.481 e. The van der Waals surface area contributed by atoms with E-state index in [1.54, 1.807) is 12.1 Å². The van der Waals surface area contributed by atoms with Crippen LogP contribution in [0.5, 0.6) is 0 Å². The van der Waals surface area contributed by atoms with E-state index in [1.807, 2.05) is 12.1 Å². The summed E-state index contributed by atoms with van der Waals surface area (Å²) in [5.41, 5.74) is 5.36. The van der Waals surface area contributed by atoms with Crippen LogP contribution in [0.1, 0.15) is 31.2 Å². The number of halogens is 1. The SMILES string of the molecule is Cl.N=C(N)NCC1CCC(C(=O)O)(c2cc[c]cc2)CC1. The molecule has 1 radical (unpaired) electrons. The van der Waals surface area contributed by atoms with Gasteiger partial charge in [0.05, 0.1) is 5.41 Å². The maximum Gasteiger partial charge on any atom is 0.314 e. The zero-order valence-corrected chi connectivity index (χ0v) is 12.6. The van der Waals surface area contributed by atoms with Crippen molar-refractivity contribution in [3.63, 3.8) is 0 Å². The molecule has 0 heterocycles. The lowest BCUT2D eigenvalue weighted by Crippen LogP contribution is -2.42. The van der Waals surface area contributed by atoms with E-state index < -0.39 is 11.4 Å². The molecule has 115 valence electrons. The molecule has 2 rings (SSSR count). The Morgan fingerprint density at radius 3 is 2.48 bits per heavy atom. The summed E-state index contributed by atoms with van der Waals surface area (Å²) in [4.78, 5) is 11.8. The minimum Gasteiger partial charge on any atom is -0.481 e. The Balaban J connectivity index is 0.00000220. The molecule has 1 fully saturated rings. The van der Waals surface area contributed by atoms with E-state index >= 15 is 0 Å². The monoisotopic (exact) mass is 310 g/mol. The normalized spacial score (nSPS) is 24.7. The van der Waals surface area contributed by atoms with Gasteiger partial charge in [0.2, 0.25) is 0 Å². The van der Waals surface area contributed by atoms with Crippen molar-refractivity contribution in [2.24, 2.45) is 11.7 Å². The van der Waals surface area contributed by atoms with Gasteiger partial charge in [-0.15, -0.1) is 12.4 Å². The van der Waals surface area contributed by atoms with Crippen LogP contribution in [0.2, 0.25) is 0 Å². The highest BCUT2D eigenvalue weighted by molar-refractivity contribution is 5.85. The van der Waals surface area contributed by atoms with Crippen molar-refractivity contribution >= 4 is 24.3 Å². The van der Waals surface area contributed by atoms with Crippen LogP contribution in [0.15, 0.2) is 24.3 Å². The van der Waals surface area contributed by atoms with Crippen LogP contribution in [0.4, 0.5) is 0 Å². The molecule has 5 nitrogen and oxygen atoms in total. The Hall–Kier alpha value is -1.75. The highest BCUT2D eigenvalue weighted by atomic mass is 35.5. The second-order valence-corrected chi connectivity index (χ2v) is 5.41. The molecule has 6 heteroatoms. The van der Waals surface area contributed by atoms with Gasteiger partial charge in [0.1, 0.15) is 0 Å². The number of benzene rings is 1. The fraction of sp³-hybridized carbons (Fsp3) is 0.467.